The molecule has 4 N–H and O–H groups in total. The fourth-order valence-electron chi connectivity index (χ4n) is 3.63. The van der Waals surface area contributed by atoms with Crippen molar-refractivity contribution in [3.63, 3.8) is 0 Å². The van der Waals surface area contributed by atoms with E-state index in [4.69, 9.17) is 24.7 Å². The zero-order valence-electron chi connectivity index (χ0n) is 27.1. The Morgan fingerprint density at radius 1 is 0.545 bits per heavy atom. The van der Waals surface area contributed by atoms with Crippen LogP contribution in [-0.4, -0.2) is 80.2 Å². The smallest absolute Gasteiger partial charge is 0.328 e. The normalized spacial score (nSPS) is 12.8. The minimum Gasteiger partial charge on any atom is -0.466 e. The molecule has 2 amide bonds. The molecule has 0 aromatic heterocycles. The van der Waals surface area contributed by atoms with E-state index in [9.17, 15) is 28.8 Å². The standard InChI is InChI=1S/C31H55N3O10/c1-5-9-19-41-27(36)17-14-24(30(39)43-21-11-7-3)33-26(35)16-13-23(32)29(38)34-25(31(40)44-22-12-8-4)15-18-28(37)42-20-10-6-2/h23-25H,5-22,32H2,1-4H3,(H,33,35)(H,34,38). The average Bonchev–Trinajstić information content (AvgIpc) is 3.00. The third-order valence-corrected chi connectivity index (χ3v) is 6.52. The lowest BCUT2D eigenvalue weighted by Gasteiger charge is -2.20. The fraction of sp³-hybridized carbons (Fsp3) is 0.806. The third-order valence-electron chi connectivity index (χ3n) is 6.52. The van der Waals surface area contributed by atoms with Crippen LogP contribution in [0.25, 0.3) is 0 Å². The maximum atomic E-state index is 12.8. The lowest BCUT2D eigenvalue weighted by Crippen LogP contribution is -2.49. The highest BCUT2D eigenvalue weighted by Crippen LogP contribution is 2.08. The first kappa shape index (κ1) is 40.8. The summed E-state index contributed by atoms with van der Waals surface area (Å²) in [5.41, 5.74) is 6.01. The van der Waals surface area contributed by atoms with Gasteiger partial charge in [-0.1, -0.05) is 53.4 Å². The number of hydrogen-bond donors (Lipinski definition) is 3. The molecule has 0 aliphatic carbocycles. The van der Waals surface area contributed by atoms with Gasteiger partial charge >= 0.3 is 23.9 Å². The first-order valence-corrected chi connectivity index (χ1v) is 16.1. The predicted molar refractivity (Wildman–Crippen MR) is 163 cm³/mol. The lowest BCUT2D eigenvalue weighted by molar-refractivity contribution is -0.150. The molecule has 0 radical (unpaired) electrons. The number of nitrogens with one attached hydrogen (secondary N) is 2. The zero-order chi connectivity index (χ0) is 33.2. The number of carbonyl (C=O) groups excluding carboxylic acids is 6. The number of rotatable bonds is 26. The summed E-state index contributed by atoms with van der Waals surface area (Å²) in [4.78, 5) is 74.7. The summed E-state index contributed by atoms with van der Waals surface area (Å²) in [6, 6.07) is -3.34. The Balaban J connectivity index is 5.08. The van der Waals surface area contributed by atoms with Crippen LogP contribution in [0.15, 0.2) is 0 Å². The summed E-state index contributed by atoms with van der Waals surface area (Å²) in [7, 11) is 0. The van der Waals surface area contributed by atoms with Crippen molar-refractivity contribution in [1.29, 1.82) is 0 Å². The van der Waals surface area contributed by atoms with Crippen LogP contribution >= 0.6 is 0 Å². The highest BCUT2D eigenvalue weighted by molar-refractivity contribution is 5.89. The van der Waals surface area contributed by atoms with E-state index in [1.54, 1.807) is 0 Å². The molecule has 0 bridgehead atoms. The van der Waals surface area contributed by atoms with E-state index < -0.39 is 53.8 Å². The van der Waals surface area contributed by atoms with Crippen molar-refractivity contribution in [2.75, 3.05) is 26.4 Å². The van der Waals surface area contributed by atoms with Crippen LogP contribution in [-0.2, 0) is 47.7 Å². The van der Waals surface area contributed by atoms with E-state index in [1.807, 2.05) is 27.7 Å². The molecule has 3 unspecified atom stereocenters. The van der Waals surface area contributed by atoms with E-state index >= 15 is 0 Å². The maximum absolute atomic E-state index is 12.8. The zero-order valence-corrected chi connectivity index (χ0v) is 27.1. The van der Waals surface area contributed by atoms with Crippen molar-refractivity contribution in [2.24, 2.45) is 5.73 Å². The molecule has 13 heteroatoms. The van der Waals surface area contributed by atoms with Crippen molar-refractivity contribution in [3.8, 4) is 0 Å². The first-order chi connectivity index (χ1) is 21.1. The van der Waals surface area contributed by atoms with Gasteiger partial charge in [0.1, 0.15) is 12.1 Å². The van der Waals surface area contributed by atoms with Gasteiger partial charge in [0.05, 0.1) is 32.5 Å². The molecular weight excluding hydrogens is 574 g/mol. The molecule has 0 heterocycles. The van der Waals surface area contributed by atoms with Gasteiger partial charge in [-0.2, -0.15) is 0 Å². The molecule has 0 rings (SSSR count). The second-order valence-electron chi connectivity index (χ2n) is 10.6. The molecule has 0 saturated carbocycles. The molecule has 0 aromatic rings. The van der Waals surface area contributed by atoms with Crippen LogP contribution in [0.2, 0.25) is 0 Å². The van der Waals surface area contributed by atoms with E-state index in [0.717, 1.165) is 38.5 Å². The summed E-state index contributed by atoms with van der Waals surface area (Å²) >= 11 is 0. The summed E-state index contributed by atoms with van der Waals surface area (Å²) in [5, 5.41) is 5.10. The van der Waals surface area contributed by atoms with Crippen LogP contribution in [0, 0.1) is 0 Å². The molecule has 0 aliphatic heterocycles. The van der Waals surface area contributed by atoms with Crippen molar-refractivity contribution in [1.82, 2.24) is 10.6 Å². The summed E-state index contributed by atoms with van der Waals surface area (Å²) in [6.07, 6.45) is 5.59. The number of hydrogen-bond acceptors (Lipinski definition) is 11. The van der Waals surface area contributed by atoms with Crippen molar-refractivity contribution in [3.05, 3.63) is 0 Å². The molecule has 0 fully saturated rings. The highest BCUT2D eigenvalue weighted by Gasteiger charge is 2.28. The Morgan fingerprint density at radius 3 is 1.34 bits per heavy atom. The van der Waals surface area contributed by atoms with Gasteiger partial charge in [-0.3, -0.25) is 19.2 Å². The van der Waals surface area contributed by atoms with Gasteiger partial charge in [0, 0.05) is 19.3 Å². The Bertz CT molecular complexity index is 868. The van der Waals surface area contributed by atoms with Gasteiger partial charge < -0.3 is 35.3 Å². The average molecular weight is 630 g/mol. The third kappa shape index (κ3) is 20.6. The van der Waals surface area contributed by atoms with Crippen molar-refractivity contribution >= 4 is 35.7 Å². The maximum Gasteiger partial charge on any atom is 0.328 e. The van der Waals surface area contributed by atoms with Crippen LogP contribution in [0.4, 0.5) is 0 Å². The highest BCUT2D eigenvalue weighted by atomic mass is 16.5. The number of esters is 4. The summed E-state index contributed by atoms with van der Waals surface area (Å²) in [6.45, 7) is 8.74. The lowest BCUT2D eigenvalue weighted by atomic mass is 10.1. The van der Waals surface area contributed by atoms with E-state index in [0.29, 0.717) is 12.8 Å². The Hall–Kier alpha value is -3.22. The fourth-order valence-corrected chi connectivity index (χ4v) is 3.63. The quantitative estimate of drug-likeness (QED) is 0.0724. The summed E-state index contributed by atoms with van der Waals surface area (Å²) in [5.74, 6) is -3.56. The van der Waals surface area contributed by atoms with Crippen LogP contribution < -0.4 is 16.4 Å². The minimum absolute atomic E-state index is 0.00308. The number of ether oxygens (including phenoxy) is 4. The number of unbranched alkanes of at least 4 members (excludes halogenated alkanes) is 4. The molecule has 3 atom stereocenters. The SMILES string of the molecule is CCCCOC(=O)CCC(NC(=O)CCC(N)C(=O)NC(CCC(=O)OCCCC)C(=O)OCCCC)C(=O)OCCCC. The molecule has 0 spiro atoms. The van der Waals surface area contributed by atoms with Gasteiger partial charge in [-0.25, -0.2) is 9.59 Å². The van der Waals surface area contributed by atoms with Crippen molar-refractivity contribution in [2.45, 2.75) is 136 Å². The number of nitrogens with two attached hydrogens (primary N) is 1. The van der Waals surface area contributed by atoms with Gasteiger partial charge in [-0.15, -0.1) is 0 Å². The molecule has 0 aliphatic rings. The predicted octanol–water partition coefficient (Wildman–Crippen LogP) is 3.00. The second-order valence-corrected chi connectivity index (χ2v) is 10.6. The van der Waals surface area contributed by atoms with Crippen LogP contribution in [0.1, 0.15) is 118 Å². The first-order valence-electron chi connectivity index (χ1n) is 16.1. The topological polar surface area (TPSA) is 189 Å². The molecular formula is C31H55N3O10. The Kier molecular flexibility index (Phi) is 24.3. The van der Waals surface area contributed by atoms with Crippen LogP contribution in [0.5, 0.6) is 0 Å². The van der Waals surface area contributed by atoms with Gasteiger partial charge in [0.15, 0.2) is 0 Å². The van der Waals surface area contributed by atoms with Gasteiger partial charge in [0.2, 0.25) is 11.8 Å². The molecule has 13 nitrogen and oxygen atoms in total. The van der Waals surface area contributed by atoms with Gasteiger partial charge in [0.25, 0.3) is 0 Å². The molecule has 254 valence electrons. The minimum atomic E-state index is -1.16. The van der Waals surface area contributed by atoms with E-state index in [-0.39, 0.29) is 65.0 Å². The molecule has 44 heavy (non-hydrogen) atoms. The van der Waals surface area contributed by atoms with Crippen molar-refractivity contribution < 1.29 is 47.7 Å². The molecule has 0 aromatic carbocycles. The van der Waals surface area contributed by atoms with E-state index in [1.165, 1.54) is 0 Å². The Morgan fingerprint density at radius 2 is 0.932 bits per heavy atom. The number of amides is 2. The van der Waals surface area contributed by atoms with Gasteiger partial charge in [-0.05, 0) is 44.9 Å². The largest absolute Gasteiger partial charge is 0.466 e. The second kappa shape index (κ2) is 26.2. The summed E-state index contributed by atoms with van der Waals surface area (Å²) < 4.78 is 20.7. The van der Waals surface area contributed by atoms with Crippen LogP contribution in [0.3, 0.4) is 0 Å². The molecule has 0 saturated heterocycles. The number of carbonyl (C=O) groups is 6. The Labute approximate surface area is 262 Å². The monoisotopic (exact) mass is 629 g/mol. The van der Waals surface area contributed by atoms with E-state index in [2.05, 4.69) is 10.6 Å².